The summed E-state index contributed by atoms with van der Waals surface area (Å²) in [7, 11) is 1.60. The molecule has 0 spiro atoms. The Kier molecular flexibility index (Phi) is 6.19. The van der Waals surface area contributed by atoms with Crippen LogP contribution in [0.4, 0.5) is 0 Å². The van der Waals surface area contributed by atoms with Crippen LogP contribution in [0.3, 0.4) is 0 Å². The van der Waals surface area contributed by atoms with Crippen molar-refractivity contribution in [2.45, 2.75) is 63.8 Å². The molecule has 0 radical (unpaired) electrons. The maximum absolute atomic E-state index is 12.8. The van der Waals surface area contributed by atoms with Gasteiger partial charge in [0.25, 0.3) is 5.91 Å². The summed E-state index contributed by atoms with van der Waals surface area (Å²) in [5.41, 5.74) is 2.38. The molecule has 30 heavy (non-hydrogen) atoms. The Labute approximate surface area is 180 Å². The molecule has 5 rings (SSSR count). The molecule has 4 fully saturated rings. The lowest BCUT2D eigenvalue weighted by molar-refractivity contribution is -0.124. The minimum atomic E-state index is -0.558. The van der Waals surface area contributed by atoms with Gasteiger partial charge in [0.1, 0.15) is 6.04 Å². The first-order chi connectivity index (χ1) is 14.4. The molecule has 1 atom stereocenters. The zero-order valence-electron chi connectivity index (χ0n) is 18.6. The molecular weight excluding hydrogens is 376 g/mol. The predicted octanol–water partition coefficient (Wildman–Crippen LogP) is 3.67. The fourth-order valence-corrected chi connectivity index (χ4v) is 6.59. The van der Waals surface area contributed by atoms with E-state index in [1.165, 1.54) is 44.1 Å². The molecule has 5 nitrogen and oxygen atoms in total. The van der Waals surface area contributed by atoms with E-state index in [9.17, 15) is 9.59 Å². The molecule has 0 aromatic heterocycles. The van der Waals surface area contributed by atoms with Gasteiger partial charge in [-0.05, 0) is 85.3 Å². The first kappa shape index (κ1) is 21.4. The average Bonchev–Trinajstić information content (AvgIpc) is 2.71. The molecule has 4 bridgehead atoms. The largest absolute Gasteiger partial charge is 0.383 e. The molecule has 0 saturated heterocycles. The van der Waals surface area contributed by atoms with Crippen molar-refractivity contribution in [3.8, 4) is 0 Å². The second-order valence-electron chi connectivity index (χ2n) is 10.3. The van der Waals surface area contributed by atoms with Gasteiger partial charge in [-0.2, -0.15) is 0 Å². The van der Waals surface area contributed by atoms with Crippen LogP contribution in [0.1, 0.15) is 68.3 Å². The first-order valence-corrected chi connectivity index (χ1v) is 11.6. The van der Waals surface area contributed by atoms with Crippen LogP contribution in [0, 0.1) is 23.7 Å². The van der Waals surface area contributed by atoms with Crippen LogP contribution in [-0.2, 0) is 14.9 Å². The zero-order valence-corrected chi connectivity index (χ0v) is 18.6. The van der Waals surface area contributed by atoms with Crippen LogP contribution in [0.2, 0.25) is 0 Å². The van der Waals surface area contributed by atoms with Crippen molar-refractivity contribution in [1.29, 1.82) is 0 Å². The Morgan fingerprint density at radius 2 is 1.60 bits per heavy atom. The van der Waals surface area contributed by atoms with Gasteiger partial charge in [0.05, 0.1) is 6.61 Å². The molecule has 0 aliphatic heterocycles. The van der Waals surface area contributed by atoms with Crippen LogP contribution < -0.4 is 10.6 Å². The molecule has 2 N–H and O–H groups in total. The molecule has 4 aliphatic carbocycles. The third kappa shape index (κ3) is 4.27. The van der Waals surface area contributed by atoms with Crippen molar-refractivity contribution in [2.24, 2.45) is 23.7 Å². The number of rotatable bonds is 8. The van der Waals surface area contributed by atoms with E-state index in [4.69, 9.17) is 4.74 Å². The molecule has 4 saturated carbocycles. The number of hydrogen-bond acceptors (Lipinski definition) is 3. The molecule has 1 aromatic rings. The molecule has 0 unspecified atom stereocenters. The smallest absolute Gasteiger partial charge is 0.251 e. The summed E-state index contributed by atoms with van der Waals surface area (Å²) in [6.45, 7) is 4.78. The van der Waals surface area contributed by atoms with Gasteiger partial charge in [-0.25, -0.2) is 0 Å². The second kappa shape index (κ2) is 8.70. The SMILES string of the molecule is COCCNC(=O)[C@@H](NC(=O)c1ccc(C23CC4CC(CC(C4)C2)C3)cc1)C(C)C. The van der Waals surface area contributed by atoms with E-state index in [2.05, 4.69) is 22.8 Å². The van der Waals surface area contributed by atoms with Crippen LogP contribution in [0.15, 0.2) is 24.3 Å². The lowest BCUT2D eigenvalue weighted by atomic mass is 9.48. The predicted molar refractivity (Wildman–Crippen MR) is 117 cm³/mol. The van der Waals surface area contributed by atoms with E-state index in [1.807, 2.05) is 26.0 Å². The van der Waals surface area contributed by atoms with Gasteiger partial charge in [0.2, 0.25) is 5.91 Å². The topological polar surface area (TPSA) is 67.4 Å². The molecule has 1 aromatic carbocycles. The fraction of sp³-hybridized carbons (Fsp3) is 0.680. The van der Waals surface area contributed by atoms with Crippen molar-refractivity contribution in [1.82, 2.24) is 10.6 Å². The lowest BCUT2D eigenvalue weighted by Gasteiger charge is -2.57. The zero-order chi connectivity index (χ0) is 21.3. The Morgan fingerprint density at radius 3 is 2.10 bits per heavy atom. The summed E-state index contributed by atoms with van der Waals surface area (Å²) in [5, 5.41) is 5.75. The van der Waals surface area contributed by atoms with Gasteiger partial charge >= 0.3 is 0 Å². The molecule has 0 heterocycles. The number of nitrogens with one attached hydrogen (secondary N) is 2. The average molecular weight is 413 g/mol. The number of hydrogen-bond donors (Lipinski definition) is 2. The monoisotopic (exact) mass is 412 g/mol. The van der Waals surface area contributed by atoms with Gasteiger partial charge in [0.15, 0.2) is 0 Å². The van der Waals surface area contributed by atoms with E-state index >= 15 is 0 Å². The fourth-order valence-electron chi connectivity index (χ4n) is 6.59. The summed E-state index contributed by atoms with van der Waals surface area (Å²) in [4.78, 5) is 25.3. The third-order valence-electron chi connectivity index (χ3n) is 7.64. The maximum Gasteiger partial charge on any atom is 0.251 e. The maximum atomic E-state index is 12.8. The quantitative estimate of drug-likeness (QED) is 0.640. The summed E-state index contributed by atoms with van der Waals surface area (Å²) in [5.74, 6) is 2.36. The Balaban J connectivity index is 1.42. The van der Waals surface area contributed by atoms with Gasteiger partial charge in [-0.15, -0.1) is 0 Å². The normalized spacial score (nSPS) is 30.3. The van der Waals surface area contributed by atoms with Crippen LogP contribution in [0.5, 0.6) is 0 Å². The number of methoxy groups -OCH3 is 1. The molecule has 164 valence electrons. The second-order valence-corrected chi connectivity index (χ2v) is 10.3. The van der Waals surface area contributed by atoms with Crippen LogP contribution in [0.25, 0.3) is 0 Å². The Bertz CT molecular complexity index is 736. The number of ether oxygens (including phenoxy) is 1. The molecular formula is C25H36N2O3. The summed E-state index contributed by atoms with van der Waals surface area (Å²) >= 11 is 0. The summed E-state index contributed by atoms with van der Waals surface area (Å²) in [6.07, 6.45) is 8.26. The highest BCUT2D eigenvalue weighted by Gasteiger charge is 2.51. The van der Waals surface area contributed by atoms with Crippen LogP contribution in [-0.4, -0.2) is 38.1 Å². The van der Waals surface area contributed by atoms with E-state index in [0.29, 0.717) is 24.1 Å². The van der Waals surface area contributed by atoms with E-state index in [-0.39, 0.29) is 17.7 Å². The van der Waals surface area contributed by atoms with Crippen molar-refractivity contribution >= 4 is 11.8 Å². The molecule has 5 heteroatoms. The van der Waals surface area contributed by atoms with Gasteiger partial charge in [0, 0.05) is 19.2 Å². The summed E-state index contributed by atoms with van der Waals surface area (Å²) in [6, 6.07) is 7.68. The van der Waals surface area contributed by atoms with Crippen LogP contribution >= 0.6 is 0 Å². The van der Waals surface area contributed by atoms with Gasteiger partial charge < -0.3 is 15.4 Å². The highest BCUT2D eigenvalue weighted by Crippen LogP contribution is 2.60. The standard InChI is InChI=1S/C25H36N2O3/c1-16(2)22(24(29)26-8-9-30-3)27-23(28)20-4-6-21(7-5-20)25-13-17-10-18(14-25)12-19(11-17)15-25/h4-7,16-19,22H,8-15H2,1-3H3,(H,26,29)(H,27,28)/t17?,18?,19?,22-,25?/m0/s1. The third-order valence-corrected chi connectivity index (χ3v) is 7.64. The molecule has 2 amide bonds. The number of benzene rings is 1. The highest BCUT2D eigenvalue weighted by molar-refractivity contribution is 5.97. The summed E-state index contributed by atoms with van der Waals surface area (Å²) < 4.78 is 4.98. The minimum absolute atomic E-state index is 0.00259. The van der Waals surface area contributed by atoms with Crippen molar-refractivity contribution < 1.29 is 14.3 Å². The van der Waals surface area contributed by atoms with Crippen molar-refractivity contribution in [3.63, 3.8) is 0 Å². The van der Waals surface area contributed by atoms with Gasteiger partial charge in [-0.1, -0.05) is 26.0 Å². The van der Waals surface area contributed by atoms with E-state index in [1.54, 1.807) is 7.11 Å². The number of amides is 2. The molecule has 4 aliphatic rings. The van der Waals surface area contributed by atoms with Crippen molar-refractivity contribution in [2.75, 3.05) is 20.3 Å². The number of carbonyl (C=O) groups excluding carboxylic acids is 2. The Hall–Kier alpha value is -1.88. The Morgan fingerprint density at radius 1 is 1.03 bits per heavy atom. The van der Waals surface area contributed by atoms with E-state index in [0.717, 1.165) is 17.8 Å². The van der Waals surface area contributed by atoms with Gasteiger partial charge in [-0.3, -0.25) is 9.59 Å². The number of carbonyl (C=O) groups is 2. The first-order valence-electron chi connectivity index (χ1n) is 11.6. The lowest BCUT2D eigenvalue weighted by Crippen LogP contribution is -2.50. The van der Waals surface area contributed by atoms with Crippen molar-refractivity contribution in [3.05, 3.63) is 35.4 Å². The highest BCUT2D eigenvalue weighted by atomic mass is 16.5. The van der Waals surface area contributed by atoms with E-state index < -0.39 is 6.04 Å². The minimum Gasteiger partial charge on any atom is -0.383 e.